The van der Waals surface area contributed by atoms with E-state index in [1.807, 2.05) is 13.8 Å². The zero-order valence-electron chi connectivity index (χ0n) is 18.3. The number of ether oxygens (including phenoxy) is 2. The second-order valence-corrected chi connectivity index (χ2v) is 7.65. The molecule has 3 amide bonds. The molecular weight excluding hydrogens is 386 g/mol. The number of amides is 3. The standard InChI is InChI=1S/C22H33N3O5/c1-5-15(2)23-22(28)20(16-9-11-25(12-10-16)19(26)14-29-3)24-21(27)17-7-6-8-18(13-17)30-4/h6-8,13,15-16,20H,5,9-12,14H2,1-4H3,(H,23,28)(H,24,27)/t15-,20-/m0/s1. The highest BCUT2D eigenvalue weighted by Crippen LogP contribution is 2.22. The number of nitrogens with one attached hydrogen (secondary N) is 2. The molecule has 1 aromatic rings. The first-order valence-electron chi connectivity index (χ1n) is 10.4. The number of nitrogens with zero attached hydrogens (tertiary/aromatic N) is 1. The maximum Gasteiger partial charge on any atom is 0.252 e. The molecule has 166 valence electrons. The SMILES string of the molecule is CC[C@H](C)NC(=O)[C@@H](NC(=O)c1cccc(OC)c1)C1CCN(C(=O)COC)CC1. The molecule has 2 atom stereocenters. The van der Waals surface area contributed by atoms with Gasteiger partial charge in [-0.1, -0.05) is 13.0 Å². The van der Waals surface area contributed by atoms with Gasteiger partial charge in [-0.2, -0.15) is 0 Å². The molecule has 8 nitrogen and oxygen atoms in total. The number of methoxy groups -OCH3 is 2. The Labute approximate surface area is 178 Å². The van der Waals surface area contributed by atoms with Gasteiger partial charge in [-0.25, -0.2) is 0 Å². The highest BCUT2D eigenvalue weighted by molar-refractivity contribution is 5.98. The van der Waals surface area contributed by atoms with Gasteiger partial charge in [0.15, 0.2) is 0 Å². The van der Waals surface area contributed by atoms with Crippen molar-refractivity contribution in [2.24, 2.45) is 5.92 Å². The molecule has 0 spiro atoms. The van der Waals surface area contributed by atoms with E-state index in [-0.39, 0.29) is 36.3 Å². The highest BCUT2D eigenvalue weighted by Gasteiger charge is 2.34. The topological polar surface area (TPSA) is 97.0 Å². The molecular formula is C22H33N3O5. The lowest BCUT2D eigenvalue weighted by Gasteiger charge is -2.36. The van der Waals surface area contributed by atoms with Crippen molar-refractivity contribution in [1.82, 2.24) is 15.5 Å². The maximum atomic E-state index is 13.0. The van der Waals surface area contributed by atoms with Crippen molar-refractivity contribution in [3.63, 3.8) is 0 Å². The fourth-order valence-electron chi connectivity index (χ4n) is 3.52. The van der Waals surface area contributed by atoms with Crippen LogP contribution in [0.25, 0.3) is 0 Å². The van der Waals surface area contributed by atoms with Gasteiger partial charge < -0.3 is 25.0 Å². The summed E-state index contributed by atoms with van der Waals surface area (Å²) in [7, 11) is 3.03. The van der Waals surface area contributed by atoms with Gasteiger partial charge in [0.1, 0.15) is 18.4 Å². The van der Waals surface area contributed by atoms with E-state index in [0.717, 1.165) is 6.42 Å². The Balaban J connectivity index is 2.12. The number of carbonyl (C=O) groups excluding carboxylic acids is 3. The van der Waals surface area contributed by atoms with Crippen LogP contribution in [0, 0.1) is 5.92 Å². The number of hydrogen-bond donors (Lipinski definition) is 2. The molecule has 0 bridgehead atoms. The highest BCUT2D eigenvalue weighted by atomic mass is 16.5. The van der Waals surface area contributed by atoms with Crippen molar-refractivity contribution in [1.29, 1.82) is 0 Å². The van der Waals surface area contributed by atoms with Gasteiger partial charge >= 0.3 is 0 Å². The van der Waals surface area contributed by atoms with Crippen LogP contribution in [0.15, 0.2) is 24.3 Å². The average Bonchev–Trinajstić information content (AvgIpc) is 2.77. The number of carbonyl (C=O) groups is 3. The summed E-state index contributed by atoms with van der Waals surface area (Å²) in [5.41, 5.74) is 0.434. The van der Waals surface area contributed by atoms with Crippen molar-refractivity contribution in [2.75, 3.05) is 33.9 Å². The Hall–Kier alpha value is -2.61. The van der Waals surface area contributed by atoms with Gasteiger partial charge in [-0.3, -0.25) is 14.4 Å². The van der Waals surface area contributed by atoms with E-state index in [1.54, 1.807) is 29.2 Å². The molecule has 1 aliphatic rings. The van der Waals surface area contributed by atoms with Crippen molar-refractivity contribution in [3.05, 3.63) is 29.8 Å². The van der Waals surface area contributed by atoms with Crippen LogP contribution in [-0.4, -0.2) is 68.6 Å². The van der Waals surface area contributed by atoms with Crippen molar-refractivity contribution in [3.8, 4) is 5.75 Å². The van der Waals surface area contributed by atoms with Gasteiger partial charge in [-0.15, -0.1) is 0 Å². The quantitative estimate of drug-likeness (QED) is 0.634. The summed E-state index contributed by atoms with van der Waals surface area (Å²) in [6, 6.07) is 6.17. The third kappa shape index (κ3) is 6.45. The normalized spacial score (nSPS) is 16.5. The molecule has 30 heavy (non-hydrogen) atoms. The van der Waals surface area contributed by atoms with E-state index >= 15 is 0 Å². The third-order valence-corrected chi connectivity index (χ3v) is 5.53. The first-order valence-corrected chi connectivity index (χ1v) is 10.4. The summed E-state index contributed by atoms with van der Waals surface area (Å²) in [5, 5.41) is 5.90. The van der Waals surface area contributed by atoms with Crippen LogP contribution in [0.3, 0.4) is 0 Å². The Morgan fingerprint density at radius 3 is 2.47 bits per heavy atom. The van der Waals surface area contributed by atoms with Crippen LogP contribution >= 0.6 is 0 Å². The number of benzene rings is 1. The molecule has 1 aliphatic heterocycles. The van der Waals surface area contributed by atoms with E-state index in [9.17, 15) is 14.4 Å². The van der Waals surface area contributed by atoms with Gasteiger partial charge in [-0.05, 0) is 50.3 Å². The number of hydrogen-bond acceptors (Lipinski definition) is 5. The molecule has 1 heterocycles. The minimum absolute atomic E-state index is 0.0112. The molecule has 8 heteroatoms. The van der Waals surface area contributed by atoms with Crippen LogP contribution in [0.2, 0.25) is 0 Å². The zero-order valence-corrected chi connectivity index (χ0v) is 18.3. The first kappa shape index (κ1) is 23.7. The molecule has 0 unspecified atom stereocenters. The first-order chi connectivity index (χ1) is 14.4. The molecule has 0 radical (unpaired) electrons. The minimum Gasteiger partial charge on any atom is -0.497 e. The van der Waals surface area contributed by atoms with Gasteiger partial charge in [0, 0.05) is 31.8 Å². The van der Waals surface area contributed by atoms with Crippen LogP contribution in [0.4, 0.5) is 0 Å². The van der Waals surface area contributed by atoms with Gasteiger partial charge in [0.25, 0.3) is 5.91 Å². The average molecular weight is 420 g/mol. The van der Waals surface area contributed by atoms with E-state index in [0.29, 0.717) is 37.2 Å². The smallest absolute Gasteiger partial charge is 0.252 e. The lowest BCUT2D eigenvalue weighted by molar-refractivity contribution is -0.136. The summed E-state index contributed by atoms with van der Waals surface area (Å²) < 4.78 is 10.1. The lowest BCUT2D eigenvalue weighted by atomic mass is 9.88. The second-order valence-electron chi connectivity index (χ2n) is 7.65. The molecule has 0 aromatic heterocycles. The predicted molar refractivity (Wildman–Crippen MR) is 113 cm³/mol. The Morgan fingerprint density at radius 1 is 1.17 bits per heavy atom. The van der Waals surface area contributed by atoms with Crippen molar-refractivity contribution in [2.45, 2.75) is 45.2 Å². The third-order valence-electron chi connectivity index (χ3n) is 5.53. The second kappa shape index (κ2) is 11.5. The summed E-state index contributed by atoms with van der Waals surface area (Å²) in [6.45, 7) is 5.05. The van der Waals surface area contributed by atoms with Crippen LogP contribution in [0.1, 0.15) is 43.5 Å². The van der Waals surface area contributed by atoms with E-state index in [2.05, 4.69) is 10.6 Å². The molecule has 1 saturated heterocycles. The van der Waals surface area contributed by atoms with E-state index in [1.165, 1.54) is 14.2 Å². The van der Waals surface area contributed by atoms with Crippen molar-refractivity contribution >= 4 is 17.7 Å². The molecule has 0 saturated carbocycles. The molecule has 1 fully saturated rings. The molecule has 0 aliphatic carbocycles. The maximum absolute atomic E-state index is 13.0. The molecule has 1 aromatic carbocycles. The van der Waals surface area contributed by atoms with Gasteiger partial charge in [0.05, 0.1) is 7.11 Å². The fourth-order valence-corrected chi connectivity index (χ4v) is 3.52. The van der Waals surface area contributed by atoms with Crippen LogP contribution in [-0.2, 0) is 14.3 Å². The Kier molecular flexibility index (Phi) is 9.11. The minimum atomic E-state index is -0.669. The van der Waals surface area contributed by atoms with Gasteiger partial charge in [0.2, 0.25) is 11.8 Å². The Morgan fingerprint density at radius 2 is 1.87 bits per heavy atom. The fraction of sp³-hybridized carbons (Fsp3) is 0.591. The van der Waals surface area contributed by atoms with Crippen LogP contribution < -0.4 is 15.4 Å². The monoisotopic (exact) mass is 419 g/mol. The summed E-state index contributed by atoms with van der Waals surface area (Å²) in [5.74, 6) is -0.0567. The molecule has 2 rings (SSSR count). The van der Waals surface area contributed by atoms with Crippen LogP contribution in [0.5, 0.6) is 5.75 Å². The number of likely N-dealkylation sites (tertiary alicyclic amines) is 1. The van der Waals surface area contributed by atoms with Crippen molar-refractivity contribution < 1.29 is 23.9 Å². The van der Waals surface area contributed by atoms with E-state index in [4.69, 9.17) is 9.47 Å². The molecule has 2 N–H and O–H groups in total. The lowest BCUT2D eigenvalue weighted by Crippen LogP contribution is -2.55. The largest absolute Gasteiger partial charge is 0.497 e. The zero-order chi connectivity index (χ0) is 22.1. The predicted octanol–water partition coefficient (Wildman–Crippen LogP) is 1.59. The number of piperidine rings is 1. The van der Waals surface area contributed by atoms with E-state index < -0.39 is 6.04 Å². The summed E-state index contributed by atoms with van der Waals surface area (Å²) >= 11 is 0. The number of rotatable bonds is 9. The summed E-state index contributed by atoms with van der Waals surface area (Å²) in [6.07, 6.45) is 2.06. The summed E-state index contributed by atoms with van der Waals surface area (Å²) in [4.78, 5) is 39.6. The Bertz CT molecular complexity index is 731.